The van der Waals surface area contributed by atoms with Crippen LogP contribution in [0.5, 0.6) is 0 Å². The van der Waals surface area contributed by atoms with E-state index in [-0.39, 0.29) is 6.04 Å². The first-order valence-electron chi connectivity index (χ1n) is 6.55. The van der Waals surface area contributed by atoms with Gasteiger partial charge in [-0.15, -0.1) is 0 Å². The van der Waals surface area contributed by atoms with E-state index >= 15 is 0 Å². The topological polar surface area (TPSA) is 50.9 Å². The minimum absolute atomic E-state index is 0.213. The molecule has 96 valence electrons. The monoisotopic (exact) mass is 243 g/mol. The van der Waals surface area contributed by atoms with E-state index in [4.69, 9.17) is 5.73 Å². The average Bonchev–Trinajstić information content (AvgIpc) is 2.44. The lowest BCUT2D eigenvalue weighted by Gasteiger charge is -2.22. The predicted octanol–water partition coefficient (Wildman–Crippen LogP) is 2.62. The highest BCUT2D eigenvalue weighted by molar-refractivity contribution is 5.79. The molecule has 2 atom stereocenters. The van der Waals surface area contributed by atoms with Crippen molar-refractivity contribution in [3.05, 3.63) is 42.1 Å². The minimum Gasteiger partial charge on any atom is -0.329 e. The highest BCUT2D eigenvalue weighted by Gasteiger charge is 2.12. The zero-order valence-electron chi connectivity index (χ0n) is 11.1. The third-order valence-corrected chi connectivity index (χ3v) is 3.36. The molecule has 3 heteroatoms. The van der Waals surface area contributed by atoms with Gasteiger partial charge < -0.3 is 11.1 Å². The Labute approximate surface area is 108 Å². The Hall–Kier alpha value is -1.45. The minimum atomic E-state index is 0.213. The van der Waals surface area contributed by atoms with Crippen molar-refractivity contribution in [1.29, 1.82) is 0 Å². The van der Waals surface area contributed by atoms with E-state index in [9.17, 15) is 0 Å². The van der Waals surface area contributed by atoms with Crippen molar-refractivity contribution in [2.75, 3.05) is 6.54 Å². The van der Waals surface area contributed by atoms with Crippen LogP contribution in [0.15, 0.2) is 36.5 Å². The second-order valence-corrected chi connectivity index (χ2v) is 4.72. The molecule has 0 fully saturated rings. The summed E-state index contributed by atoms with van der Waals surface area (Å²) in [4.78, 5) is 4.33. The molecule has 0 saturated heterocycles. The van der Waals surface area contributed by atoms with Crippen LogP contribution in [-0.2, 0) is 0 Å². The molecular formula is C15H21N3. The summed E-state index contributed by atoms with van der Waals surface area (Å²) in [5, 5.41) is 4.72. The van der Waals surface area contributed by atoms with Crippen LogP contribution in [0.25, 0.3) is 10.9 Å². The Bertz CT molecular complexity index is 510. The molecule has 0 aliphatic carbocycles. The first-order valence-corrected chi connectivity index (χ1v) is 6.55. The molecule has 1 aromatic heterocycles. The summed E-state index contributed by atoms with van der Waals surface area (Å²) in [5.41, 5.74) is 8.14. The summed E-state index contributed by atoms with van der Waals surface area (Å²) in [6, 6.07) is 11.1. The largest absolute Gasteiger partial charge is 0.329 e. The van der Waals surface area contributed by atoms with Crippen LogP contribution in [0, 0.1) is 0 Å². The van der Waals surface area contributed by atoms with Gasteiger partial charge in [-0.25, -0.2) is 0 Å². The molecule has 2 rings (SSSR count). The van der Waals surface area contributed by atoms with E-state index < -0.39 is 0 Å². The lowest BCUT2D eigenvalue weighted by Crippen LogP contribution is -2.34. The molecule has 2 unspecified atom stereocenters. The van der Waals surface area contributed by atoms with Crippen molar-refractivity contribution in [3.8, 4) is 0 Å². The highest BCUT2D eigenvalue weighted by atomic mass is 15.0. The van der Waals surface area contributed by atoms with Gasteiger partial charge in [-0.2, -0.15) is 0 Å². The van der Waals surface area contributed by atoms with E-state index in [1.54, 1.807) is 0 Å². The smallest absolute Gasteiger partial charge is 0.0702 e. The molecule has 0 bridgehead atoms. The first-order chi connectivity index (χ1) is 8.74. The van der Waals surface area contributed by atoms with Crippen LogP contribution in [0.2, 0.25) is 0 Å². The summed E-state index contributed by atoms with van der Waals surface area (Å²) in [6.07, 6.45) is 2.92. The van der Waals surface area contributed by atoms with E-state index in [1.807, 2.05) is 12.3 Å². The standard InChI is InChI=1S/C15H21N3/c1-3-11(2)18-15(10-16)13-6-7-14-12(9-13)5-4-8-17-14/h4-9,11,15,18H,3,10,16H2,1-2H3. The van der Waals surface area contributed by atoms with Crippen molar-refractivity contribution in [2.45, 2.75) is 32.4 Å². The average molecular weight is 243 g/mol. The molecule has 3 nitrogen and oxygen atoms in total. The first kappa shape index (κ1) is 13.0. The summed E-state index contributed by atoms with van der Waals surface area (Å²) >= 11 is 0. The Morgan fingerprint density at radius 3 is 2.89 bits per heavy atom. The molecule has 0 saturated carbocycles. The molecule has 0 spiro atoms. The van der Waals surface area contributed by atoms with Gasteiger partial charge in [-0.3, -0.25) is 4.98 Å². The zero-order valence-corrected chi connectivity index (χ0v) is 11.1. The number of rotatable bonds is 5. The maximum atomic E-state index is 5.87. The third kappa shape index (κ3) is 2.86. The van der Waals surface area contributed by atoms with Crippen molar-refractivity contribution < 1.29 is 0 Å². The van der Waals surface area contributed by atoms with Gasteiger partial charge in [0.15, 0.2) is 0 Å². The van der Waals surface area contributed by atoms with Gasteiger partial charge in [0.2, 0.25) is 0 Å². The quantitative estimate of drug-likeness (QED) is 0.848. The van der Waals surface area contributed by atoms with E-state index in [2.05, 4.69) is 48.4 Å². The van der Waals surface area contributed by atoms with Gasteiger partial charge in [0, 0.05) is 30.2 Å². The normalized spacial score (nSPS) is 14.6. The van der Waals surface area contributed by atoms with Crippen LogP contribution >= 0.6 is 0 Å². The van der Waals surface area contributed by atoms with Gasteiger partial charge in [-0.05, 0) is 37.1 Å². The van der Waals surface area contributed by atoms with Crippen LogP contribution in [0.4, 0.5) is 0 Å². The van der Waals surface area contributed by atoms with Crippen molar-refractivity contribution in [2.24, 2.45) is 5.73 Å². The van der Waals surface area contributed by atoms with Gasteiger partial charge in [0.25, 0.3) is 0 Å². The van der Waals surface area contributed by atoms with Gasteiger partial charge in [0.1, 0.15) is 0 Å². The Kier molecular flexibility index (Phi) is 4.28. The fourth-order valence-electron chi connectivity index (χ4n) is 2.07. The number of nitrogens with zero attached hydrogens (tertiary/aromatic N) is 1. The lowest BCUT2D eigenvalue weighted by atomic mass is 10.0. The molecule has 0 amide bonds. The number of benzene rings is 1. The molecule has 2 aromatic rings. The number of hydrogen-bond donors (Lipinski definition) is 2. The fraction of sp³-hybridized carbons (Fsp3) is 0.400. The van der Waals surface area contributed by atoms with Gasteiger partial charge >= 0.3 is 0 Å². The molecule has 3 N–H and O–H groups in total. The maximum Gasteiger partial charge on any atom is 0.0702 e. The third-order valence-electron chi connectivity index (χ3n) is 3.36. The Balaban J connectivity index is 2.27. The number of nitrogens with two attached hydrogens (primary N) is 1. The summed E-state index contributed by atoms with van der Waals surface area (Å²) in [5.74, 6) is 0. The highest BCUT2D eigenvalue weighted by Crippen LogP contribution is 2.19. The predicted molar refractivity (Wildman–Crippen MR) is 76.4 cm³/mol. The fourth-order valence-corrected chi connectivity index (χ4v) is 2.07. The van der Waals surface area contributed by atoms with Crippen LogP contribution in [0.3, 0.4) is 0 Å². The molecule has 0 radical (unpaired) electrons. The number of pyridine rings is 1. The molecule has 0 aliphatic heterocycles. The number of hydrogen-bond acceptors (Lipinski definition) is 3. The second-order valence-electron chi connectivity index (χ2n) is 4.72. The van der Waals surface area contributed by atoms with Crippen molar-refractivity contribution in [3.63, 3.8) is 0 Å². The lowest BCUT2D eigenvalue weighted by molar-refractivity contribution is 0.452. The Morgan fingerprint density at radius 2 is 2.17 bits per heavy atom. The van der Waals surface area contributed by atoms with Gasteiger partial charge in [-0.1, -0.05) is 19.1 Å². The van der Waals surface area contributed by atoms with E-state index in [0.29, 0.717) is 12.6 Å². The summed E-state index contributed by atoms with van der Waals surface area (Å²) < 4.78 is 0. The van der Waals surface area contributed by atoms with Crippen molar-refractivity contribution >= 4 is 10.9 Å². The van der Waals surface area contributed by atoms with E-state index in [1.165, 1.54) is 10.9 Å². The van der Waals surface area contributed by atoms with E-state index in [0.717, 1.165) is 11.9 Å². The second kappa shape index (κ2) is 5.94. The van der Waals surface area contributed by atoms with Crippen LogP contribution < -0.4 is 11.1 Å². The molecular weight excluding hydrogens is 222 g/mol. The maximum absolute atomic E-state index is 5.87. The van der Waals surface area contributed by atoms with Crippen LogP contribution in [-0.4, -0.2) is 17.6 Å². The number of nitrogens with one attached hydrogen (secondary N) is 1. The number of aromatic nitrogens is 1. The molecule has 18 heavy (non-hydrogen) atoms. The summed E-state index contributed by atoms with van der Waals surface area (Å²) in [7, 11) is 0. The molecule has 1 aromatic carbocycles. The molecule has 1 heterocycles. The zero-order chi connectivity index (χ0) is 13.0. The summed E-state index contributed by atoms with van der Waals surface area (Å²) in [6.45, 7) is 4.97. The van der Waals surface area contributed by atoms with Crippen molar-refractivity contribution in [1.82, 2.24) is 10.3 Å². The van der Waals surface area contributed by atoms with Crippen LogP contribution in [0.1, 0.15) is 31.9 Å². The van der Waals surface area contributed by atoms with Gasteiger partial charge in [0.05, 0.1) is 5.52 Å². The Morgan fingerprint density at radius 1 is 1.33 bits per heavy atom. The SMILES string of the molecule is CCC(C)NC(CN)c1ccc2ncccc2c1. The molecule has 0 aliphatic rings. The number of fused-ring (bicyclic) bond motifs is 1.